The maximum atomic E-state index is 5.31. The van der Waals surface area contributed by atoms with Crippen LogP contribution in [0.2, 0.25) is 0 Å². The summed E-state index contributed by atoms with van der Waals surface area (Å²) in [5.74, 6) is 1.95. The molecule has 7 nitrogen and oxygen atoms in total. The standard InChI is InChI=1S/C16H20N6O/c1-12-10-15-16(17-3-4-22(15)18-12)21-7-5-20(6-8-21)11-14-9-13(2)19-23-14/h3-4,9-10H,5-8,11H2,1-2H3. The van der Waals surface area contributed by atoms with Gasteiger partial charge in [0.2, 0.25) is 0 Å². The summed E-state index contributed by atoms with van der Waals surface area (Å²) in [6.45, 7) is 8.64. The van der Waals surface area contributed by atoms with Gasteiger partial charge in [0.25, 0.3) is 0 Å². The van der Waals surface area contributed by atoms with Crippen LogP contribution in [0.25, 0.3) is 5.52 Å². The summed E-state index contributed by atoms with van der Waals surface area (Å²) in [5.41, 5.74) is 3.02. The second kappa shape index (κ2) is 5.66. The van der Waals surface area contributed by atoms with Crippen LogP contribution < -0.4 is 4.90 Å². The highest BCUT2D eigenvalue weighted by molar-refractivity contribution is 5.69. The number of aromatic nitrogens is 4. The largest absolute Gasteiger partial charge is 0.360 e. The molecular formula is C16H20N6O. The third kappa shape index (κ3) is 2.79. The van der Waals surface area contributed by atoms with E-state index in [1.165, 1.54) is 0 Å². The highest BCUT2D eigenvalue weighted by Crippen LogP contribution is 2.21. The number of anilines is 1. The van der Waals surface area contributed by atoms with E-state index < -0.39 is 0 Å². The Labute approximate surface area is 134 Å². The monoisotopic (exact) mass is 312 g/mol. The van der Waals surface area contributed by atoms with Crippen molar-refractivity contribution in [3.8, 4) is 0 Å². The van der Waals surface area contributed by atoms with Crippen LogP contribution in [0.1, 0.15) is 17.1 Å². The van der Waals surface area contributed by atoms with Crippen LogP contribution in [0.3, 0.4) is 0 Å². The molecule has 0 atom stereocenters. The molecule has 0 aliphatic carbocycles. The van der Waals surface area contributed by atoms with Gasteiger partial charge in [0.15, 0.2) is 11.6 Å². The summed E-state index contributed by atoms with van der Waals surface area (Å²) < 4.78 is 7.21. The van der Waals surface area contributed by atoms with E-state index in [0.29, 0.717) is 0 Å². The zero-order valence-corrected chi connectivity index (χ0v) is 13.4. The van der Waals surface area contributed by atoms with Gasteiger partial charge >= 0.3 is 0 Å². The van der Waals surface area contributed by atoms with Crippen molar-refractivity contribution in [1.29, 1.82) is 0 Å². The Bertz CT molecular complexity index is 815. The predicted molar refractivity (Wildman–Crippen MR) is 86.5 cm³/mol. The zero-order chi connectivity index (χ0) is 15.8. The smallest absolute Gasteiger partial charge is 0.154 e. The van der Waals surface area contributed by atoms with E-state index in [9.17, 15) is 0 Å². The fourth-order valence-corrected chi connectivity index (χ4v) is 3.10. The summed E-state index contributed by atoms with van der Waals surface area (Å²) >= 11 is 0. The van der Waals surface area contributed by atoms with Crippen molar-refractivity contribution < 1.29 is 4.52 Å². The molecular weight excluding hydrogens is 292 g/mol. The Hall–Kier alpha value is -2.41. The maximum absolute atomic E-state index is 5.31. The quantitative estimate of drug-likeness (QED) is 0.733. The lowest BCUT2D eigenvalue weighted by atomic mass is 10.2. The van der Waals surface area contributed by atoms with Gasteiger partial charge < -0.3 is 9.42 Å². The molecule has 3 aromatic rings. The number of hydrogen-bond acceptors (Lipinski definition) is 6. The number of piperazine rings is 1. The molecule has 1 aliphatic rings. The van der Waals surface area contributed by atoms with E-state index in [4.69, 9.17) is 4.52 Å². The van der Waals surface area contributed by atoms with Crippen molar-refractivity contribution in [3.63, 3.8) is 0 Å². The van der Waals surface area contributed by atoms with Crippen molar-refractivity contribution in [2.24, 2.45) is 0 Å². The molecule has 1 aliphatic heterocycles. The van der Waals surface area contributed by atoms with Crippen LogP contribution >= 0.6 is 0 Å². The molecule has 120 valence electrons. The molecule has 0 N–H and O–H groups in total. The first-order chi connectivity index (χ1) is 11.2. The Balaban J connectivity index is 1.46. The van der Waals surface area contributed by atoms with E-state index >= 15 is 0 Å². The first-order valence-electron chi connectivity index (χ1n) is 7.89. The van der Waals surface area contributed by atoms with Crippen molar-refractivity contribution >= 4 is 11.3 Å². The zero-order valence-electron chi connectivity index (χ0n) is 13.4. The van der Waals surface area contributed by atoms with Crippen LogP contribution in [0.15, 0.2) is 29.0 Å². The lowest BCUT2D eigenvalue weighted by molar-refractivity contribution is 0.219. The Morgan fingerprint density at radius 1 is 1.09 bits per heavy atom. The van der Waals surface area contributed by atoms with Gasteiger partial charge in [-0.15, -0.1) is 0 Å². The molecule has 7 heteroatoms. The summed E-state index contributed by atoms with van der Waals surface area (Å²) in [4.78, 5) is 9.29. The SMILES string of the molecule is Cc1cc(CN2CCN(c3nccn4nc(C)cc34)CC2)on1. The Morgan fingerprint density at radius 3 is 2.65 bits per heavy atom. The van der Waals surface area contributed by atoms with Gasteiger partial charge in [-0.2, -0.15) is 5.10 Å². The van der Waals surface area contributed by atoms with Gasteiger partial charge in [-0.1, -0.05) is 5.16 Å². The predicted octanol–water partition coefficient (Wildman–Crippen LogP) is 1.66. The lowest BCUT2D eigenvalue weighted by Gasteiger charge is -2.34. The number of fused-ring (bicyclic) bond motifs is 1. The van der Waals surface area contributed by atoms with E-state index in [2.05, 4.69) is 31.1 Å². The van der Waals surface area contributed by atoms with Crippen LogP contribution in [-0.2, 0) is 6.54 Å². The minimum atomic E-state index is 0.818. The molecule has 0 spiro atoms. The molecule has 0 saturated carbocycles. The molecule has 3 aromatic heterocycles. The maximum Gasteiger partial charge on any atom is 0.154 e. The van der Waals surface area contributed by atoms with Crippen LogP contribution in [-0.4, -0.2) is 50.8 Å². The molecule has 4 heterocycles. The molecule has 1 fully saturated rings. The fraction of sp³-hybridized carbons (Fsp3) is 0.438. The number of hydrogen-bond donors (Lipinski definition) is 0. The minimum Gasteiger partial charge on any atom is -0.360 e. The number of rotatable bonds is 3. The van der Waals surface area contributed by atoms with Gasteiger partial charge in [-0.05, 0) is 19.9 Å². The molecule has 23 heavy (non-hydrogen) atoms. The van der Waals surface area contributed by atoms with Crippen molar-refractivity contribution in [2.75, 3.05) is 31.1 Å². The van der Waals surface area contributed by atoms with E-state index in [0.717, 1.165) is 61.2 Å². The second-order valence-corrected chi connectivity index (χ2v) is 6.06. The molecule has 0 radical (unpaired) electrons. The van der Waals surface area contributed by atoms with Crippen molar-refractivity contribution in [2.45, 2.75) is 20.4 Å². The molecule has 4 rings (SSSR count). The lowest BCUT2D eigenvalue weighted by Crippen LogP contribution is -2.46. The van der Waals surface area contributed by atoms with Crippen LogP contribution in [0.4, 0.5) is 5.82 Å². The average molecular weight is 312 g/mol. The van der Waals surface area contributed by atoms with Crippen molar-refractivity contribution in [1.82, 2.24) is 24.7 Å². The average Bonchev–Trinajstić information content (AvgIpc) is 3.12. The summed E-state index contributed by atoms with van der Waals surface area (Å²) in [5, 5.41) is 8.41. The van der Waals surface area contributed by atoms with Gasteiger partial charge in [-0.3, -0.25) is 4.90 Å². The third-order valence-electron chi connectivity index (χ3n) is 4.22. The van der Waals surface area contributed by atoms with Crippen molar-refractivity contribution in [3.05, 3.63) is 41.7 Å². The first kappa shape index (κ1) is 14.2. The second-order valence-electron chi connectivity index (χ2n) is 6.06. The number of aryl methyl sites for hydroxylation is 2. The minimum absolute atomic E-state index is 0.818. The van der Waals surface area contributed by atoms with E-state index in [1.807, 2.05) is 36.8 Å². The first-order valence-corrected chi connectivity index (χ1v) is 7.89. The topological polar surface area (TPSA) is 62.7 Å². The van der Waals surface area contributed by atoms with Crippen LogP contribution in [0.5, 0.6) is 0 Å². The summed E-state index contributed by atoms with van der Waals surface area (Å²) in [7, 11) is 0. The normalized spacial score (nSPS) is 16.3. The van der Waals surface area contributed by atoms with Gasteiger partial charge in [-0.25, -0.2) is 9.50 Å². The van der Waals surface area contributed by atoms with Gasteiger partial charge in [0.1, 0.15) is 5.52 Å². The highest BCUT2D eigenvalue weighted by atomic mass is 16.5. The molecule has 0 bridgehead atoms. The molecule has 0 unspecified atom stereocenters. The van der Waals surface area contributed by atoms with Gasteiger partial charge in [0, 0.05) is 44.6 Å². The summed E-state index contributed by atoms with van der Waals surface area (Å²) in [6, 6.07) is 4.09. The Morgan fingerprint density at radius 2 is 1.91 bits per heavy atom. The molecule has 0 amide bonds. The molecule has 0 aromatic carbocycles. The van der Waals surface area contributed by atoms with E-state index in [1.54, 1.807) is 0 Å². The van der Waals surface area contributed by atoms with Crippen LogP contribution in [0, 0.1) is 13.8 Å². The van der Waals surface area contributed by atoms with E-state index in [-0.39, 0.29) is 0 Å². The molecule has 1 saturated heterocycles. The number of nitrogens with zero attached hydrogens (tertiary/aromatic N) is 6. The fourth-order valence-electron chi connectivity index (χ4n) is 3.10. The Kier molecular flexibility index (Phi) is 3.49. The summed E-state index contributed by atoms with van der Waals surface area (Å²) in [6.07, 6.45) is 3.72. The highest BCUT2D eigenvalue weighted by Gasteiger charge is 2.21. The van der Waals surface area contributed by atoms with Gasteiger partial charge in [0.05, 0.1) is 17.9 Å². The third-order valence-corrected chi connectivity index (χ3v) is 4.22.